The van der Waals surface area contributed by atoms with Crippen LogP contribution in [0.15, 0.2) is 29.1 Å². The van der Waals surface area contributed by atoms with Crippen molar-refractivity contribution in [2.75, 3.05) is 5.32 Å². The lowest BCUT2D eigenvalue weighted by molar-refractivity contribution is -0.116. The molecule has 1 amide bonds. The fourth-order valence-corrected chi connectivity index (χ4v) is 3.01. The minimum absolute atomic E-state index is 0.0517. The Kier molecular flexibility index (Phi) is 3.20. The largest absolute Gasteiger partial charge is 0.311 e. The predicted molar refractivity (Wildman–Crippen MR) is 81.7 cm³/mol. The van der Waals surface area contributed by atoms with E-state index < -0.39 is 0 Å². The maximum Gasteiger partial charge on any atom is 0.270 e. The van der Waals surface area contributed by atoms with Crippen LogP contribution in [0.1, 0.15) is 48.9 Å². The van der Waals surface area contributed by atoms with Crippen LogP contribution in [0, 0.1) is 6.92 Å². The smallest absolute Gasteiger partial charge is 0.270 e. The van der Waals surface area contributed by atoms with Gasteiger partial charge in [-0.05, 0) is 31.9 Å². The summed E-state index contributed by atoms with van der Waals surface area (Å²) in [6.45, 7) is 5.95. The van der Waals surface area contributed by atoms with Crippen LogP contribution in [0.25, 0.3) is 0 Å². The van der Waals surface area contributed by atoms with Crippen LogP contribution in [-0.4, -0.2) is 15.7 Å². The van der Waals surface area contributed by atoms with Crippen LogP contribution in [0.5, 0.6) is 0 Å². The average Bonchev–Trinajstić information content (AvgIpc) is 2.76. The van der Waals surface area contributed by atoms with Crippen LogP contribution >= 0.6 is 0 Å². The Morgan fingerprint density at radius 2 is 1.95 bits per heavy atom. The number of rotatable bonds is 2. The molecule has 1 atom stereocenters. The zero-order chi connectivity index (χ0) is 15.1. The van der Waals surface area contributed by atoms with Crippen LogP contribution in [0.2, 0.25) is 0 Å². The third kappa shape index (κ3) is 2.18. The van der Waals surface area contributed by atoms with Gasteiger partial charge in [0.15, 0.2) is 0 Å². The van der Waals surface area contributed by atoms with E-state index in [2.05, 4.69) is 10.4 Å². The number of carbonyl (C=O) groups is 1. The molecule has 0 saturated heterocycles. The van der Waals surface area contributed by atoms with E-state index in [1.54, 1.807) is 4.68 Å². The van der Waals surface area contributed by atoms with Gasteiger partial charge in [0.05, 0.1) is 5.56 Å². The van der Waals surface area contributed by atoms with Gasteiger partial charge in [-0.2, -0.15) is 0 Å². The van der Waals surface area contributed by atoms with Crippen molar-refractivity contribution in [3.63, 3.8) is 0 Å². The number of H-pyrrole nitrogens is 1. The Balaban J connectivity index is 2.21. The van der Waals surface area contributed by atoms with Gasteiger partial charge >= 0.3 is 0 Å². The number of aryl methyl sites for hydroxylation is 1. The average molecular weight is 285 g/mol. The summed E-state index contributed by atoms with van der Waals surface area (Å²) in [6, 6.07) is 8.00. The number of anilines is 1. The number of aromatic nitrogens is 2. The molecule has 0 radical (unpaired) electrons. The monoisotopic (exact) mass is 285 g/mol. The van der Waals surface area contributed by atoms with Crippen LogP contribution in [-0.2, 0) is 4.79 Å². The van der Waals surface area contributed by atoms with Crippen molar-refractivity contribution in [1.29, 1.82) is 0 Å². The summed E-state index contributed by atoms with van der Waals surface area (Å²) < 4.78 is 1.74. The molecular weight excluding hydrogens is 266 g/mol. The maximum atomic E-state index is 12.4. The second-order valence-electron chi connectivity index (χ2n) is 5.83. The normalized spacial score (nSPS) is 17.7. The van der Waals surface area contributed by atoms with E-state index in [4.69, 9.17) is 0 Å². The van der Waals surface area contributed by atoms with Gasteiger partial charge in [0, 0.05) is 18.4 Å². The number of fused-ring (bicyclic) bond motifs is 1. The van der Waals surface area contributed by atoms with Crippen LogP contribution in [0.3, 0.4) is 0 Å². The molecule has 0 saturated carbocycles. The van der Waals surface area contributed by atoms with Crippen molar-refractivity contribution in [2.24, 2.45) is 0 Å². The molecule has 0 unspecified atom stereocenters. The first kappa shape index (κ1) is 13.7. The van der Waals surface area contributed by atoms with Gasteiger partial charge in [-0.1, -0.05) is 24.3 Å². The topological polar surface area (TPSA) is 66.9 Å². The molecule has 1 aromatic heterocycles. The number of carbonyl (C=O) groups excluding carboxylic acids is 1. The Morgan fingerprint density at radius 1 is 1.24 bits per heavy atom. The molecule has 2 N–H and O–H groups in total. The first-order chi connectivity index (χ1) is 9.99. The zero-order valence-electron chi connectivity index (χ0n) is 12.4. The van der Waals surface area contributed by atoms with E-state index in [-0.39, 0.29) is 23.4 Å². The van der Waals surface area contributed by atoms with Crippen molar-refractivity contribution in [3.8, 4) is 0 Å². The lowest BCUT2D eigenvalue weighted by atomic mass is 9.85. The van der Waals surface area contributed by atoms with E-state index in [0.717, 1.165) is 11.1 Å². The minimum atomic E-state index is -0.182. The second kappa shape index (κ2) is 4.91. The molecule has 1 aromatic carbocycles. The van der Waals surface area contributed by atoms with Crippen molar-refractivity contribution in [3.05, 3.63) is 51.3 Å². The Bertz CT molecular complexity index is 755. The quantitative estimate of drug-likeness (QED) is 0.890. The molecule has 2 aromatic rings. The summed E-state index contributed by atoms with van der Waals surface area (Å²) in [5.41, 5.74) is 2.69. The van der Waals surface area contributed by atoms with Crippen molar-refractivity contribution < 1.29 is 4.79 Å². The highest BCUT2D eigenvalue weighted by atomic mass is 16.2. The molecule has 0 bridgehead atoms. The maximum absolute atomic E-state index is 12.4. The highest BCUT2D eigenvalue weighted by molar-refractivity contribution is 5.94. The molecule has 21 heavy (non-hydrogen) atoms. The van der Waals surface area contributed by atoms with Crippen LogP contribution < -0.4 is 10.9 Å². The number of nitrogens with zero attached hydrogens (tertiary/aromatic N) is 1. The Morgan fingerprint density at radius 3 is 2.62 bits per heavy atom. The lowest BCUT2D eigenvalue weighted by Crippen LogP contribution is -2.27. The first-order valence-electron chi connectivity index (χ1n) is 7.18. The number of amides is 1. The SMILES string of the molecule is Cc1ccccc1[C@H]1CC(=O)Nc2c1c(=O)[nH]n2C(C)C. The molecule has 0 spiro atoms. The Hall–Kier alpha value is -2.30. The molecule has 110 valence electrons. The highest BCUT2D eigenvalue weighted by Crippen LogP contribution is 2.36. The highest BCUT2D eigenvalue weighted by Gasteiger charge is 2.33. The summed E-state index contributed by atoms with van der Waals surface area (Å²) >= 11 is 0. The van der Waals surface area contributed by atoms with Gasteiger partial charge in [-0.25, -0.2) is 0 Å². The zero-order valence-corrected chi connectivity index (χ0v) is 12.4. The van der Waals surface area contributed by atoms with E-state index in [9.17, 15) is 9.59 Å². The molecule has 1 aliphatic rings. The van der Waals surface area contributed by atoms with Crippen molar-refractivity contribution >= 4 is 11.7 Å². The second-order valence-corrected chi connectivity index (χ2v) is 5.83. The van der Waals surface area contributed by atoms with E-state index in [1.165, 1.54) is 0 Å². The van der Waals surface area contributed by atoms with Crippen LogP contribution in [0.4, 0.5) is 5.82 Å². The summed E-state index contributed by atoms with van der Waals surface area (Å²) in [7, 11) is 0. The summed E-state index contributed by atoms with van der Waals surface area (Å²) in [4.78, 5) is 24.4. The molecule has 5 nitrogen and oxygen atoms in total. The van der Waals surface area contributed by atoms with Gasteiger partial charge < -0.3 is 5.32 Å². The van der Waals surface area contributed by atoms with Gasteiger partial charge in [-0.3, -0.25) is 19.4 Å². The summed E-state index contributed by atoms with van der Waals surface area (Å²) in [5, 5.41) is 5.68. The summed E-state index contributed by atoms with van der Waals surface area (Å²) in [5.74, 6) is 0.377. The standard InChI is InChI=1S/C16H19N3O2/c1-9(2)19-15-14(16(21)18-19)12(8-13(20)17-15)11-7-5-4-6-10(11)3/h4-7,9,12H,8H2,1-3H3,(H,17,20)(H,18,21)/t12-/m1/s1. The third-order valence-corrected chi connectivity index (χ3v) is 4.04. The lowest BCUT2D eigenvalue weighted by Gasteiger charge is -2.25. The summed E-state index contributed by atoms with van der Waals surface area (Å²) in [6.07, 6.45) is 0.309. The fraction of sp³-hybridized carbons (Fsp3) is 0.375. The Labute approximate surface area is 123 Å². The third-order valence-electron chi connectivity index (χ3n) is 4.04. The first-order valence-corrected chi connectivity index (χ1v) is 7.18. The number of aromatic amines is 1. The van der Waals surface area contributed by atoms with E-state index in [0.29, 0.717) is 17.8 Å². The van der Waals surface area contributed by atoms with Gasteiger partial charge in [-0.15, -0.1) is 0 Å². The van der Waals surface area contributed by atoms with Gasteiger partial charge in [0.25, 0.3) is 5.56 Å². The predicted octanol–water partition coefficient (Wildman–Crippen LogP) is 2.54. The minimum Gasteiger partial charge on any atom is -0.311 e. The molecule has 1 aliphatic heterocycles. The van der Waals surface area contributed by atoms with Gasteiger partial charge in [0.1, 0.15) is 5.82 Å². The molecule has 5 heteroatoms. The molecule has 0 fully saturated rings. The van der Waals surface area contributed by atoms with E-state index in [1.807, 2.05) is 45.0 Å². The van der Waals surface area contributed by atoms with E-state index >= 15 is 0 Å². The molecule has 0 aliphatic carbocycles. The number of benzene rings is 1. The molecule has 2 heterocycles. The number of nitrogens with one attached hydrogen (secondary N) is 2. The molecular formula is C16H19N3O2. The number of hydrogen-bond acceptors (Lipinski definition) is 2. The molecule has 3 rings (SSSR count). The van der Waals surface area contributed by atoms with Crippen molar-refractivity contribution in [2.45, 2.75) is 39.2 Å². The fourth-order valence-electron chi connectivity index (χ4n) is 3.01. The number of hydrogen-bond donors (Lipinski definition) is 2. The van der Waals surface area contributed by atoms with Crippen molar-refractivity contribution in [1.82, 2.24) is 9.78 Å². The van der Waals surface area contributed by atoms with Gasteiger partial charge in [0.2, 0.25) is 5.91 Å².